The zero-order valence-corrected chi connectivity index (χ0v) is 15.1. The molecule has 0 aliphatic carbocycles. The average Bonchev–Trinajstić information content (AvgIpc) is 2.63. The minimum absolute atomic E-state index is 0.0424. The third kappa shape index (κ3) is 3.91. The van der Waals surface area contributed by atoms with Gasteiger partial charge in [-0.1, -0.05) is 6.92 Å². The Morgan fingerprint density at radius 2 is 2.00 bits per heavy atom. The van der Waals surface area contributed by atoms with Crippen LogP contribution < -0.4 is 4.74 Å². The molecule has 8 heteroatoms. The Labute approximate surface area is 151 Å². The fourth-order valence-electron chi connectivity index (χ4n) is 2.77. The second-order valence-corrected chi connectivity index (χ2v) is 8.22. The number of hydrogen-bond acceptors (Lipinski definition) is 5. The van der Waals surface area contributed by atoms with Crippen LogP contribution in [0.15, 0.2) is 47.6 Å². The number of sulfonamides is 1. The second-order valence-electron chi connectivity index (χ2n) is 6.31. The van der Waals surface area contributed by atoms with Gasteiger partial charge in [0.15, 0.2) is 0 Å². The second kappa shape index (κ2) is 7.51. The molecule has 0 amide bonds. The summed E-state index contributed by atoms with van der Waals surface area (Å²) in [5, 5.41) is 0. The summed E-state index contributed by atoms with van der Waals surface area (Å²) < 4.78 is 46.2. The lowest BCUT2D eigenvalue weighted by Crippen LogP contribution is -2.38. The molecule has 0 saturated carbocycles. The van der Waals surface area contributed by atoms with Gasteiger partial charge in [-0.05, 0) is 49.1 Å². The Morgan fingerprint density at radius 3 is 2.65 bits per heavy atom. The van der Waals surface area contributed by atoms with E-state index < -0.39 is 26.7 Å². The van der Waals surface area contributed by atoms with Gasteiger partial charge in [0.25, 0.3) is 0 Å². The molecule has 2 aromatic rings. The lowest BCUT2D eigenvalue weighted by atomic mass is 10.0. The Kier molecular flexibility index (Phi) is 5.33. The summed E-state index contributed by atoms with van der Waals surface area (Å²) in [6, 6.07) is 6.34. The molecular weight excluding hydrogens is 359 g/mol. The van der Waals surface area contributed by atoms with E-state index in [2.05, 4.69) is 11.9 Å². The highest BCUT2D eigenvalue weighted by Crippen LogP contribution is 2.26. The predicted molar refractivity (Wildman–Crippen MR) is 92.8 cm³/mol. The van der Waals surface area contributed by atoms with E-state index in [0.29, 0.717) is 19.0 Å². The maximum absolute atomic E-state index is 14.2. The molecule has 2 heterocycles. The topological polar surface area (TPSA) is 76.6 Å². The molecule has 1 aromatic carbocycles. The molecule has 1 aromatic heterocycles. The number of carbonyl (C=O) groups excluding carboxylic acids is 1. The van der Waals surface area contributed by atoms with Crippen LogP contribution in [0, 0.1) is 11.7 Å². The lowest BCUT2D eigenvalue weighted by molar-refractivity contribution is 0.0734. The molecular formula is C18H19FN2O4S. The van der Waals surface area contributed by atoms with Crippen LogP contribution in [0.1, 0.15) is 30.1 Å². The molecule has 26 heavy (non-hydrogen) atoms. The number of nitrogens with zero attached hydrogens (tertiary/aromatic N) is 2. The van der Waals surface area contributed by atoms with Gasteiger partial charge in [0, 0.05) is 19.3 Å². The first-order valence-electron chi connectivity index (χ1n) is 8.30. The summed E-state index contributed by atoms with van der Waals surface area (Å²) in [5.41, 5.74) is -0.0424. The number of hydrogen-bond donors (Lipinski definition) is 0. The molecule has 1 saturated heterocycles. The first kappa shape index (κ1) is 18.5. The minimum Gasteiger partial charge on any atom is -0.421 e. The van der Waals surface area contributed by atoms with E-state index in [1.54, 1.807) is 12.1 Å². The molecule has 3 rings (SSSR count). The Bertz CT molecular complexity index is 895. The van der Waals surface area contributed by atoms with Crippen molar-refractivity contribution >= 4 is 16.0 Å². The van der Waals surface area contributed by atoms with E-state index in [9.17, 15) is 17.6 Å². The van der Waals surface area contributed by atoms with Crippen molar-refractivity contribution in [2.75, 3.05) is 13.1 Å². The molecule has 0 radical (unpaired) electrons. The van der Waals surface area contributed by atoms with Crippen molar-refractivity contribution in [2.24, 2.45) is 5.92 Å². The van der Waals surface area contributed by atoms with Crippen LogP contribution in [0.2, 0.25) is 0 Å². The van der Waals surface area contributed by atoms with Crippen molar-refractivity contribution in [1.82, 2.24) is 9.29 Å². The fourth-order valence-corrected chi connectivity index (χ4v) is 4.33. The van der Waals surface area contributed by atoms with Crippen LogP contribution in [-0.2, 0) is 10.0 Å². The highest BCUT2D eigenvalue weighted by Gasteiger charge is 2.31. The van der Waals surface area contributed by atoms with Gasteiger partial charge >= 0.3 is 5.97 Å². The smallest absolute Gasteiger partial charge is 0.343 e. The number of benzene rings is 1. The van der Waals surface area contributed by atoms with Gasteiger partial charge in [-0.15, -0.1) is 0 Å². The van der Waals surface area contributed by atoms with Gasteiger partial charge in [-0.2, -0.15) is 4.31 Å². The average molecular weight is 378 g/mol. The zero-order chi connectivity index (χ0) is 18.7. The summed E-state index contributed by atoms with van der Waals surface area (Å²) in [6.45, 7) is 2.74. The van der Waals surface area contributed by atoms with Crippen molar-refractivity contribution in [2.45, 2.75) is 24.7 Å². The highest BCUT2D eigenvalue weighted by molar-refractivity contribution is 7.89. The normalized spacial score (nSPS) is 16.4. The lowest BCUT2D eigenvalue weighted by Gasteiger charge is -2.29. The van der Waals surface area contributed by atoms with E-state index in [-0.39, 0.29) is 11.3 Å². The van der Waals surface area contributed by atoms with Crippen LogP contribution in [0.4, 0.5) is 4.39 Å². The van der Waals surface area contributed by atoms with Gasteiger partial charge in [0.2, 0.25) is 10.0 Å². The molecule has 0 N–H and O–H groups in total. The number of carbonyl (C=O) groups is 1. The Balaban J connectivity index is 1.86. The summed E-state index contributed by atoms with van der Waals surface area (Å²) >= 11 is 0. The quantitative estimate of drug-likeness (QED) is 0.765. The van der Waals surface area contributed by atoms with Crippen molar-refractivity contribution in [3.8, 4) is 5.75 Å². The van der Waals surface area contributed by atoms with Crippen LogP contribution in [-0.4, -0.2) is 36.8 Å². The van der Waals surface area contributed by atoms with Crippen molar-refractivity contribution < 1.29 is 22.3 Å². The van der Waals surface area contributed by atoms with Crippen molar-refractivity contribution in [1.29, 1.82) is 0 Å². The third-order valence-corrected chi connectivity index (χ3v) is 6.29. The van der Waals surface area contributed by atoms with Gasteiger partial charge in [0.1, 0.15) is 16.5 Å². The van der Waals surface area contributed by atoms with Crippen molar-refractivity contribution in [3.63, 3.8) is 0 Å². The third-order valence-electron chi connectivity index (χ3n) is 4.37. The van der Waals surface area contributed by atoms with Gasteiger partial charge < -0.3 is 4.74 Å². The largest absolute Gasteiger partial charge is 0.421 e. The molecule has 1 aliphatic heterocycles. The fraction of sp³-hybridized carbons (Fsp3) is 0.333. The minimum atomic E-state index is -4.01. The SMILES string of the molecule is CC1CCN(S(=O)(=O)c2cc(C(=O)Oc3cccnc3)ccc2F)CC1. The first-order valence-corrected chi connectivity index (χ1v) is 9.74. The van der Waals surface area contributed by atoms with Gasteiger partial charge in [0.05, 0.1) is 11.8 Å². The van der Waals surface area contributed by atoms with E-state index in [1.807, 2.05) is 0 Å². The molecule has 0 spiro atoms. The summed E-state index contributed by atoms with van der Waals surface area (Å²) in [5.74, 6) is -1.01. The van der Waals surface area contributed by atoms with E-state index in [0.717, 1.165) is 25.0 Å². The van der Waals surface area contributed by atoms with Gasteiger partial charge in [-0.3, -0.25) is 4.98 Å². The predicted octanol–water partition coefficient (Wildman–Crippen LogP) is 2.86. The Hall–Kier alpha value is -2.32. The molecule has 6 nitrogen and oxygen atoms in total. The summed E-state index contributed by atoms with van der Waals surface area (Å²) in [4.78, 5) is 15.6. The summed E-state index contributed by atoms with van der Waals surface area (Å²) in [6.07, 6.45) is 4.33. The van der Waals surface area contributed by atoms with Crippen LogP contribution in [0.5, 0.6) is 5.75 Å². The standard InChI is InChI=1S/C18H19FN2O4S/c1-13-6-9-21(10-7-13)26(23,24)17-11-14(4-5-16(17)19)18(22)25-15-3-2-8-20-12-15/h2-5,8,11-13H,6-7,9-10H2,1H3. The molecule has 138 valence electrons. The zero-order valence-electron chi connectivity index (χ0n) is 14.3. The Morgan fingerprint density at radius 1 is 1.27 bits per heavy atom. The number of pyridine rings is 1. The number of halogens is 1. The number of rotatable bonds is 4. The number of ether oxygens (including phenoxy) is 1. The maximum atomic E-state index is 14.2. The molecule has 1 fully saturated rings. The van der Waals surface area contributed by atoms with E-state index in [1.165, 1.54) is 22.8 Å². The van der Waals surface area contributed by atoms with Crippen LogP contribution in [0.3, 0.4) is 0 Å². The van der Waals surface area contributed by atoms with E-state index >= 15 is 0 Å². The number of piperidine rings is 1. The first-order chi connectivity index (χ1) is 12.4. The molecule has 0 bridgehead atoms. The summed E-state index contributed by atoms with van der Waals surface area (Å²) in [7, 11) is -4.01. The number of aromatic nitrogens is 1. The highest BCUT2D eigenvalue weighted by atomic mass is 32.2. The van der Waals surface area contributed by atoms with Gasteiger partial charge in [-0.25, -0.2) is 17.6 Å². The monoisotopic (exact) mass is 378 g/mol. The molecule has 0 atom stereocenters. The van der Waals surface area contributed by atoms with Crippen molar-refractivity contribution in [3.05, 3.63) is 54.1 Å². The molecule has 1 aliphatic rings. The maximum Gasteiger partial charge on any atom is 0.343 e. The molecule has 0 unspecified atom stereocenters. The van der Waals surface area contributed by atoms with E-state index in [4.69, 9.17) is 4.74 Å². The van der Waals surface area contributed by atoms with Crippen LogP contribution in [0.25, 0.3) is 0 Å². The van der Waals surface area contributed by atoms with Crippen LogP contribution >= 0.6 is 0 Å². The number of esters is 1.